The molecule has 1 fully saturated rings. The Morgan fingerprint density at radius 1 is 1.17 bits per heavy atom. The van der Waals surface area contributed by atoms with Gasteiger partial charge in [0.15, 0.2) is 5.65 Å². The number of nitrogens with one attached hydrogen (secondary N) is 1. The molecule has 1 aliphatic heterocycles. The van der Waals surface area contributed by atoms with E-state index in [0.29, 0.717) is 18.7 Å². The lowest BCUT2D eigenvalue weighted by Crippen LogP contribution is -2.41. The SMILES string of the molecule is Cc1ccc(Cn2ncc3c(C(=O)NCCN4CCOCC4)cc(C)nc32)cc1. The van der Waals surface area contributed by atoms with Crippen LogP contribution < -0.4 is 5.32 Å². The van der Waals surface area contributed by atoms with E-state index in [1.165, 1.54) is 5.56 Å². The molecule has 4 rings (SSSR count). The van der Waals surface area contributed by atoms with E-state index in [2.05, 4.69) is 51.5 Å². The summed E-state index contributed by atoms with van der Waals surface area (Å²) in [5.41, 5.74) is 4.56. The van der Waals surface area contributed by atoms with Gasteiger partial charge in [-0.2, -0.15) is 5.10 Å². The van der Waals surface area contributed by atoms with Crippen LogP contribution in [0.5, 0.6) is 0 Å². The van der Waals surface area contributed by atoms with Crippen LogP contribution in [-0.4, -0.2) is 65.0 Å². The van der Waals surface area contributed by atoms with Crippen LogP contribution in [0.4, 0.5) is 0 Å². The van der Waals surface area contributed by atoms with Gasteiger partial charge >= 0.3 is 0 Å². The standard InChI is InChI=1S/C22H27N5O2/c1-16-3-5-18(6-4-16)15-27-21-20(14-24-27)19(13-17(2)25-21)22(28)23-7-8-26-9-11-29-12-10-26/h3-6,13-14H,7-12,15H2,1-2H3,(H,23,28). The molecule has 2 aromatic heterocycles. The number of morpholine rings is 1. The molecule has 3 aromatic rings. The molecule has 1 aromatic carbocycles. The predicted molar refractivity (Wildman–Crippen MR) is 112 cm³/mol. The molecule has 1 amide bonds. The Morgan fingerprint density at radius 3 is 2.69 bits per heavy atom. The molecule has 3 heterocycles. The van der Waals surface area contributed by atoms with Gasteiger partial charge in [-0.15, -0.1) is 0 Å². The van der Waals surface area contributed by atoms with Crippen molar-refractivity contribution < 1.29 is 9.53 Å². The van der Waals surface area contributed by atoms with Gasteiger partial charge < -0.3 is 10.1 Å². The number of benzene rings is 1. The molecular weight excluding hydrogens is 366 g/mol. The summed E-state index contributed by atoms with van der Waals surface area (Å²) in [4.78, 5) is 19.8. The zero-order valence-corrected chi connectivity index (χ0v) is 17.0. The van der Waals surface area contributed by atoms with Crippen molar-refractivity contribution in [1.29, 1.82) is 0 Å². The number of ether oxygens (including phenoxy) is 1. The van der Waals surface area contributed by atoms with E-state index in [1.807, 2.05) is 17.7 Å². The van der Waals surface area contributed by atoms with Crippen molar-refractivity contribution in [2.45, 2.75) is 20.4 Å². The van der Waals surface area contributed by atoms with E-state index >= 15 is 0 Å². The smallest absolute Gasteiger partial charge is 0.252 e. The predicted octanol–water partition coefficient (Wildman–Crippen LogP) is 2.16. The first kappa shape index (κ1) is 19.5. The average molecular weight is 393 g/mol. The normalized spacial score (nSPS) is 15.0. The molecule has 0 saturated carbocycles. The second-order valence-corrected chi connectivity index (χ2v) is 7.55. The van der Waals surface area contributed by atoms with Crippen molar-refractivity contribution >= 4 is 16.9 Å². The molecule has 152 valence electrons. The third kappa shape index (κ3) is 4.63. The van der Waals surface area contributed by atoms with E-state index in [9.17, 15) is 4.79 Å². The number of pyridine rings is 1. The monoisotopic (exact) mass is 393 g/mol. The van der Waals surface area contributed by atoms with Crippen LogP contribution in [-0.2, 0) is 11.3 Å². The molecule has 0 radical (unpaired) electrons. The molecule has 1 aliphatic rings. The number of amides is 1. The van der Waals surface area contributed by atoms with Crippen molar-refractivity contribution in [1.82, 2.24) is 25.0 Å². The number of carbonyl (C=O) groups is 1. The molecule has 0 bridgehead atoms. The second-order valence-electron chi connectivity index (χ2n) is 7.55. The van der Waals surface area contributed by atoms with Gasteiger partial charge in [-0.3, -0.25) is 9.69 Å². The van der Waals surface area contributed by atoms with E-state index in [0.717, 1.165) is 55.1 Å². The van der Waals surface area contributed by atoms with Crippen LogP contribution in [0.15, 0.2) is 36.5 Å². The molecule has 7 nitrogen and oxygen atoms in total. The lowest BCUT2D eigenvalue weighted by atomic mass is 10.1. The fourth-order valence-electron chi connectivity index (χ4n) is 3.59. The summed E-state index contributed by atoms with van der Waals surface area (Å²) in [6, 6.07) is 10.2. The van der Waals surface area contributed by atoms with Crippen LogP contribution in [0.2, 0.25) is 0 Å². The molecule has 0 aliphatic carbocycles. The molecule has 0 unspecified atom stereocenters. The quantitative estimate of drug-likeness (QED) is 0.695. The lowest BCUT2D eigenvalue weighted by Gasteiger charge is -2.26. The highest BCUT2D eigenvalue weighted by Gasteiger charge is 2.16. The van der Waals surface area contributed by atoms with E-state index in [-0.39, 0.29) is 5.91 Å². The van der Waals surface area contributed by atoms with Crippen LogP contribution in [0, 0.1) is 13.8 Å². The maximum Gasteiger partial charge on any atom is 0.252 e. The van der Waals surface area contributed by atoms with Gasteiger partial charge in [0.25, 0.3) is 5.91 Å². The van der Waals surface area contributed by atoms with Crippen LogP contribution in [0.3, 0.4) is 0 Å². The third-order valence-electron chi connectivity index (χ3n) is 5.25. The number of aryl methyl sites for hydroxylation is 2. The minimum Gasteiger partial charge on any atom is -0.379 e. The Bertz CT molecular complexity index is 990. The summed E-state index contributed by atoms with van der Waals surface area (Å²) in [7, 11) is 0. The molecular formula is C22H27N5O2. The fourth-order valence-corrected chi connectivity index (χ4v) is 3.59. The van der Waals surface area contributed by atoms with E-state index in [1.54, 1.807) is 6.20 Å². The average Bonchev–Trinajstić information content (AvgIpc) is 3.12. The van der Waals surface area contributed by atoms with Crippen LogP contribution in [0.25, 0.3) is 11.0 Å². The largest absolute Gasteiger partial charge is 0.379 e. The zero-order valence-electron chi connectivity index (χ0n) is 17.0. The van der Waals surface area contributed by atoms with Crippen molar-refractivity contribution in [3.63, 3.8) is 0 Å². The highest BCUT2D eigenvalue weighted by Crippen LogP contribution is 2.19. The van der Waals surface area contributed by atoms with Crippen molar-refractivity contribution in [3.8, 4) is 0 Å². The second kappa shape index (κ2) is 8.71. The summed E-state index contributed by atoms with van der Waals surface area (Å²) >= 11 is 0. The van der Waals surface area contributed by atoms with Crippen LogP contribution >= 0.6 is 0 Å². The molecule has 1 saturated heterocycles. The maximum absolute atomic E-state index is 12.8. The maximum atomic E-state index is 12.8. The summed E-state index contributed by atoms with van der Waals surface area (Å²) in [5, 5.41) is 8.33. The van der Waals surface area contributed by atoms with Crippen molar-refractivity contribution in [2.75, 3.05) is 39.4 Å². The summed E-state index contributed by atoms with van der Waals surface area (Å²) < 4.78 is 7.22. The van der Waals surface area contributed by atoms with Gasteiger partial charge in [-0.25, -0.2) is 9.67 Å². The third-order valence-corrected chi connectivity index (χ3v) is 5.25. The molecule has 7 heteroatoms. The number of hydrogen-bond donors (Lipinski definition) is 1. The Balaban J connectivity index is 1.49. The fraction of sp³-hybridized carbons (Fsp3) is 0.409. The highest BCUT2D eigenvalue weighted by molar-refractivity contribution is 6.05. The number of rotatable bonds is 6. The van der Waals surface area contributed by atoms with Gasteiger partial charge in [-0.05, 0) is 25.5 Å². The molecule has 0 atom stereocenters. The van der Waals surface area contributed by atoms with E-state index < -0.39 is 0 Å². The minimum absolute atomic E-state index is 0.0800. The van der Waals surface area contributed by atoms with Gasteiger partial charge in [0, 0.05) is 31.9 Å². The van der Waals surface area contributed by atoms with Crippen molar-refractivity contribution in [2.24, 2.45) is 0 Å². The Hall–Kier alpha value is -2.77. The van der Waals surface area contributed by atoms with Gasteiger partial charge in [0.2, 0.25) is 0 Å². The van der Waals surface area contributed by atoms with Crippen LogP contribution in [0.1, 0.15) is 27.2 Å². The highest BCUT2D eigenvalue weighted by atomic mass is 16.5. The number of carbonyl (C=O) groups excluding carboxylic acids is 1. The zero-order chi connectivity index (χ0) is 20.2. The Labute approximate surface area is 170 Å². The lowest BCUT2D eigenvalue weighted by molar-refractivity contribution is 0.0383. The molecule has 0 spiro atoms. The number of nitrogens with zero attached hydrogens (tertiary/aromatic N) is 4. The first-order chi connectivity index (χ1) is 14.1. The molecule has 1 N–H and O–H groups in total. The summed E-state index contributed by atoms with van der Waals surface area (Å²) in [6.45, 7) is 9.40. The van der Waals surface area contributed by atoms with E-state index in [4.69, 9.17) is 4.74 Å². The Morgan fingerprint density at radius 2 is 1.93 bits per heavy atom. The van der Waals surface area contributed by atoms with Gasteiger partial charge in [0.1, 0.15) is 0 Å². The number of aromatic nitrogens is 3. The number of fused-ring (bicyclic) bond motifs is 1. The summed E-state index contributed by atoms with van der Waals surface area (Å²) in [6.07, 6.45) is 1.74. The van der Waals surface area contributed by atoms with Gasteiger partial charge in [0.05, 0.1) is 36.9 Å². The Kier molecular flexibility index (Phi) is 5.87. The first-order valence-electron chi connectivity index (χ1n) is 10.1. The minimum atomic E-state index is -0.0800. The number of hydrogen-bond acceptors (Lipinski definition) is 5. The van der Waals surface area contributed by atoms with Crippen molar-refractivity contribution in [3.05, 3.63) is 58.9 Å². The summed E-state index contributed by atoms with van der Waals surface area (Å²) in [5.74, 6) is -0.0800. The van der Waals surface area contributed by atoms with Gasteiger partial charge in [-0.1, -0.05) is 29.8 Å². The first-order valence-corrected chi connectivity index (χ1v) is 10.1. The molecule has 29 heavy (non-hydrogen) atoms. The topological polar surface area (TPSA) is 72.3 Å².